The second-order valence-electron chi connectivity index (χ2n) is 3.92. The Balaban J connectivity index is 3.02. The number of allylic oxidation sites excluding steroid dienone is 1. The average Bonchev–Trinajstić information content (AvgIpc) is 2.31. The highest BCUT2D eigenvalue weighted by atomic mass is 35.5. The molecule has 0 amide bonds. The van der Waals surface area contributed by atoms with Crippen molar-refractivity contribution in [2.45, 2.75) is 57.8 Å². The van der Waals surface area contributed by atoms with E-state index in [0.29, 0.717) is 6.61 Å². The molecule has 0 aromatic carbocycles. The first-order chi connectivity index (χ1) is 7.91. The Labute approximate surface area is 105 Å². The number of unbranched alkanes of at least 4 members (excludes halogenated alkanes) is 8. The summed E-state index contributed by atoms with van der Waals surface area (Å²) in [5, 5.41) is 8.60. The minimum absolute atomic E-state index is 0.343. The van der Waals surface area contributed by atoms with E-state index in [2.05, 4.69) is 11.8 Å². The quantitative estimate of drug-likeness (QED) is 0.474. The molecule has 2 heteroatoms. The molecule has 0 aliphatic carbocycles. The third kappa shape index (κ3) is 13.5. The summed E-state index contributed by atoms with van der Waals surface area (Å²) in [5.74, 6) is 5.93. The fourth-order valence-corrected chi connectivity index (χ4v) is 1.61. The Kier molecular flexibility index (Phi) is 14.1. The molecule has 0 saturated carbocycles. The standard InChI is InChI=1S/C14H23ClO/c15-13-11-9-7-5-3-1-2-4-6-8-10-12-14-16/h11,13,16H,1-6,8,10,12,14H2. The molecule has 0 aliphatic heterocycles. The fourth-order valence-electron chi connectivity index (χ4n) is 1.55. The number of aliphatic hydroxyl groups excluding tert-OH is 1. The molecule has 0 aromatic rings. The molecule has 0 radical (unpaired) electrons. The van der Waals surface area contributed by atoms with E-state index in [9.17, 15) is 0 Å². The van der Waals surface area contributed by atoms with E-state index in [4.69, 9.17) is 16.7 Å². The topological polar surface area (TPSA) is 20.2 Å². The highest BCUT2D eigenvalue weighted by molar-refractivity contribution is 6.25. The van der Waals surface area contributed by atoms with Gasteiger partial charge in [-0.05, 0) is 18.9 Å². The van der Waals surface area contributed by atoms with Crippen molar-refractivity contribution in [2.75, 3.05) is 6.61 Å². The van der Waals surface area contributed by atoms with E-state index in [1.807, 2.05) is 0 Å². The maximum Gasteiger partial charge on any atom is 0.0431 e. The van der Waals surface area contributed by atoms with Crippen molar-refractivity contribution in [1.82, 2.24) is 0 Å². The van der Waals surface area contributed by atoms with Crippen LogP contribution in [0, 0.1) is 11.8 Å². The highest BCUT2D eigenvalue weighted by Crippen LogP contribution is 2.09. The SMILES string of the molecule is OCCCCCCCCCCC#CC=CCl. The van der Waals surface area contributed by atoms with Gasteiger partial charge in [-0.2, -0.15) is 0 Å². The van der Waals surface area contributed by atoms with Crippen molar-refractivity contribution in [3.63, 3.8) is 0 Å². The minimum Gasteiger partial charge on any atom is -0.396 e. The van der Waals surface area contributed by atoms with Crippen LogP contribution in [0.1, 0.15) is 57.8 Å². The van der Waals surface area contributed by atoms with Gasteiger partial charge in [-0.1, -0.05) is 62.0 Å². The molecule has 0 fully saturated rings. The normalized spacial score (nSPS) is 10.4. The van der Waals surface area contributed by atoms with Crippen molar-refractivity contribution in [1.29, 1.82) is 0 Å². The Morgan fingerprint density at radius 2 is 1.44 bits per heavy atom. The first kappa shape index (κ1) is 15.6. The number of hydrogen-bond donors (Lipinski definition) is 1. The average molecular weight is 243 g/mol. The van der Waals surface area contributed by atoms with Crippen LogP contribution in [0.5, 0.6) is 0 Å². The molecular formula is C14H23ClO. The molecule has 0 aromatic heterocycles. The van der Waals surface area contributed by atoms with Gasteiger partial charge in [0.1, 0.15) is 0 Å². The van der Waals surface area contributed by atoms with Crippen LogP contribution in [0.3, 0.4) is 0 Å². The molecule has 0 spiro atoms. The molecule has 0 rings (SSSR count). The fraction of sp³-hybridized carbons (Fsp3) is 0.714. The van der Waals surface area contributed by atoms with Crippen molar-refractivity contribution in [3.8, 4) is 11.8 Å². The van der Waals surface area contributed by atoms with Crippen molar-refractivity contribution in [3.05, 3.63) is 11.6 Å². The van der Waals surface area contributed by atoms with Crippen LogP contribution in [0.2, 0.25) is 0 Å². The van der Waals surface area contributed by atoms with E-state index < -0.39 is 0 Å². The molecule has 1 nitrogen and oxygen atoms in total. The molecular weight excluding hydrogens is 220 g/mol. The number of rotatable bonds is 9. The van der Waals surface area contributed by atoms with Gasteiger partial charge in [0.15, 0.2) is 0 Å². The molecule has 92 valence electrons. The van der Waals surface area contributed by atoms with Gasteiger partial charge >= 0.3 is 0 Å². The summed E-state index contributed by atoms with van der Waals surface area (Å²) in [4.78, 5) is 0. The minimum atomic E-state index is 0.343. The lowest BCUT2D eigenvalue weighted by Gasteiger charge is -1.99. The van der Waals surface area contributed by atoms with Gasteiger partial charge < -0.3 is 5.11 Å². The van der Waals surface area contributed by atoms with Gasteiger partial charge in [0.2, 0.25) is 0 Å². The summed E-state index contributed by atoms with van der Waals surface area (Å²) >= 11 is 5.34. The van der Waals surface area contributed by atoms with Crippen molar-refractivity contribution >= 4 is 11.6 Å². The second kappa shape index (κ2) is 14.6. The van der Waals surface area contributed by atoms with E-state index in [1.165, 1.54) is 50.5 Å². The van der Waals surface area contributed by atoms with Gasteiger partial charge in [-0.25, -0.2) is 0 Å². The van der Waals surface area contributed by atoms with Crippen LogP contribution < -0.4 is 0 Å². The van der Waals surface area contributed by atoms with Gasteiger partial charge in [-0.3, -0.25) is 0 Å². The molecule has 0 atom stereocenters. The Bertz CT molecular complexity index is 213. The van der Waals surface area contributed by atoms with E-state index in [-0.39, 0.29) is 0 Å². The van der Waals surface area contributed by atoms with Crippen LogP contribution in [-0.4, -0.2) is 11.7 Å². The van der Waals surface area contributed by atoms with Crippen molar-refractivity contribution < 1.29 is 5.11 Å². The first-order valence-corrected chi connectivity index (χ1v) is 6.70. The third-order valence-corrected chi connectivity index (χ3v) is 2.58. The molecule has 0 unspecified atom stereocenters. The lowest BCUT2D eigenvalue weighted by molar-refractivity contribution is 0.282. The summed E-state index contributed by atoms with van der Waals surface area (Å²) in [5.41, 5.74) is 1.44. The Morgan fingerprint density at radius 3 is 2.00 bits per heavy atom. The van der Waals surface area contributed by atoms with Gasteiger partial charge in [-0.15, -0.1) is 0 Å². The molecule has 1 N–H and O–H groups in total. The third-order valence-electron chi connectivity index (χ3n) is 2.46. The summed E-state index contributed by atoms with van der Waals surface area (Å²) in [6.07, 6.45) is 12.5. The number of halogens is 1. The van der Waals surface area contributed by atoms with Gasteiger partial charge in [0.25, 0.3) is 0 Å². The summed E-state index contributed by atoms with van der Waals surface area (Å²) in [6, 6.07) is 0. The summed E-state index contributed by atoms with van der Waals surface area (Å²) in [7, 11) is 0. The maximum atomic E-state index is 8.60. The van der Waals surface area contributed by atoms with Gasteiger partial charge in [0, 0.05) is 18.6 Å². The predicted octanol–water partition coefficient (Wildman–Crippen LogP) is 4.25. The van der Waals surface area contributed by atoms with Crippen LogP contribution in [0.25, 0.3) is 0 Å². The zero-order valence-corrected chi connectivity index (χ0v) is 10.8. The highest BCUT2D eigenvalue weighted by Gasteiger charge is 1.91. The van der Waals surface area contributed by atoms with Gasteiger partial charge in [0.05, 0.1) is 0 Å². The van der Waals surface area contributed by atoms with Crippen molar-refractivity contribution in [2.24, 2.45) is 0 Å². The van der Waals surface area contributed by atoms with Crippen LogP contribution in [0.15, 0.2) is 11.6 Å². The Hall–Kier alpha value is -0.450. The predicted molar refractivity (Wildman–Crippen MR) is 71.4 cm³/mol. The molecule has 16 heavy (non-hydrogen) atoms. The monoisotopic (exact) mass is 242 g/mol. The van der Waals surface area contributed by atoms with E-state index in [1.54, 1.807) is 6.08 Å². The zero-order chi connectivity index (χ0) is 11.9. The van der Waals surface area contributed by atoms with E-state index >= 15 is 0 Å². The molecule has 0 saturated heterocycles. The Morgan fingerprint density at radius 1 is 0.875 bits per heavy atom. The molecule has 0 bridgehead atoms. The summed E-state index contributed by atoms with van der Waals surface area (Å²) in [6.45, 7) is 0.343. The number of aliphatic hydroxyl groups is 1. The first-order valence-electron chi connectivity index (χ1n) is 6.26. The zero-order valence-electron chi connectivity index (χ0n) is 10.1. The molecule has 0 heterocycles. The van der Waals surface area contributed by atoms with E-state index in [0.717, 1.165) is 12.8 Å². The second-order valence-corrected chi connectivity index (χ2v) is 4.17. The largest absolute Gasteiger partial charge is 0.396 e. The lowest BCUT2D eigenvalue weighted by atomic mass is 10.1. The summed E-state index contributed by atoms with van der Waals surface area (Å²) < 4.78 is 0. The smallest absolute Gasteiger partial charge is 0.0431 e. The lowest BCUT2D eigenvalue weighted by Crippen LogP contribution is -1.84. The molecule has 0 aliphatic rings. The van der Waals surface area contributed by atoms with Crippen LogP contribution in [-0.2, 0) is 0 Å². The number of hydrogen-bond acceptors (Lipinski definition) is 1. The maximum absolute atomic E-state index is 8.60. The van der Waals surface area contributed by atoms with Crippen LogP contribution in [0.4, 0.5) is 0 Å². The van der Waals surface area contributed by atoms with Crippen LogP contribution >= 0.6 is 11.6 Å².